The molecule has 0 bridgehead atoms. The van der Waals surface area contributed by atoms with Crippen LogP contribution in [0.3, 0.4) is 0 Å². The van der Waals surface area contributed by atoms with E-state index in [0.717, 1.165) is 23.6 Å². The summed E-state index contributed by atoms with van der Waals surface area (Å²) < 4.78 is 4.23. The Morgan fingerprint density at radius 3 is 2.87 bits per heavy atom. The third-order valence-electron chi connectivity index (χ3n) is 3.03. The summed E-state index contributed by atoms with van der Waals surface area (Å²) in [5, 5.41) is 5.98. The highest BCUT2D eigenvalue weighted by atomic mass is 32.1. The topological polar surface area (TPSA) is 83.0 Å². The molecule has 0 aliphatic carbocycles. The predicted molar refractivity (Wildman–Crippen MR) is 92.9 cm³/mol. The lowest BCUT2D eigenvalue weighted by atomic mass is 10.1. The highest BCUT2D eigenvalue weighted by molar-refractivity contribution is 7.09. The fourth-order valence-electron chi connectivity index (χ4n) is 1.91. The van der Waals surface area contributed by atoms with E-state index in [1.807, 2.05) is 31.1 Å². The fourth-order valence-corrected chi connectivity index (χ4v) is 2.50. The Bertz CT molecular complexity index is 655. The van der Waals surface area contributed by atoms with Gasteiger partial charge in [0.25, 0.3) is 0 Å². The number of pyridine rings is 1. The third-order valence-corrected chi connectivity index (χ3v) is 3.69. The molecule has 0 aliphatic heterocycles. The van der Waals surface area contributed by atoms with Crippen molar-refractivity contribution in [2.24, 2.45) is 5.92 Å². The van der Waals surface area contributed by atoms with Crippen LogP contribution in [0.5, 0.6) is 0 Å². The second-order valence-corrected chi connectivity index (χ2v) is 6.57. The van der Waals surface area contributed by atoms with Gasteiger partial charge in [0.15, 0.2) is 0 Å². The van der Waals surface area contributed by atoms with E-state index in [2.05, 4.69) is 38.8 Å². The highest BCUT2D eigenvalue weighted by Crippen LogP contribution is 2.14. The molecule has 124 valence electrons. The molecular formula is C15H22N6OS. The lowest BCUT2D eigenvalue weighted by Gasteiger charge is -2.13. The van der Waals surface area contributed by atoms with Crippen LogP contribution in [-0.2, 0) is 13.0 Å². The largest absolute Gasteiger partial charge is 0.378 e. The number of hydrogen-bond acceptors (Lipinski definition) is 6. The number of urea groups is 1. The molecule has 0 aliphatic rings. The number of rotatable bonds is 6. The van der Waals surface area contributed by atoms with Crippen LogP contribution in [0.1, 0.15) is 25.4 Å². The molecule has 0 saturated heterocycles. The number of anilines is 2. The lowest BCUT2D eigenvalue weighted by Crippen LogP contribution is -2.28. The molecule has 2 N–H and O–H groups in total. The van der Waals surface area contributed by atoms with Crippen molar-refractivity contribution < 1.29 is 4.79 Å². The van der Waals surface area contributed by atoms with E-state index in [0.29, 0.717) is 17.6 Å². The number of carbonyl (C=O) groups excluding carboxylic acids is 1. The number of amides is 2. The predicted octanol–water partition coefficient (Wildman–Crippen LogP) is 2.52. The number of hydrogen-bond donors (Lipinski definition) is 2. The van der Waals surface area contributed by atoms with E-state index in [1.54, 1.807) is 6.20 Å². The van der Waals surface area contributed by atoms with Crippen molar-refractivity contribution in [3.05, 3.63) is 29.8 Å². The van der Waals surface area contributed by atoms with Crippen LogP contribution >= 0.6 is 11.5 Å². The van der Waals surface area contributed by atoms with Crippen LogP contribution < -0.4 is 15.5 Å². The van der Waals surface area contributed by atoms with Gasteiger partial charge in [-0.3, -0.25) is 10.3 Å². The van der Waals surface area contributed by atoms with Crippen molar-refractivity contribution in [2.45, 2.75) is 26.8 Å². The van der Waals surface area contributed by atoms with Gasteiger partial charge in [0, 0.05) is 43.9 Å². The first-order chi connectivity index (χ1) is 10.9. The first kappa shape index (κ1) is 17.1. The van der Waals surface area contributed by atoms with Crippen LogP contribution in [0.15, 0.2) is 18.3 Å². The van der Waals surface area contributed by atoms with Crippen LogP contribution in [0.25, 0.3) is 0 Å². The molecule has 8 heteroatoms. The standard InChI is InChI=1S/C15H22N6OS/c1-10(2)7-13-18-15(23-20-13)19-14(22)17-9-11-8-12(21(3)4)5-6-16-11/h5-6,8,10H,7,9H2,1-4H3,(H2,17,18,19,20,22). The molecule has 2 aromatic rings. The highest BCUT2D eigenvalue weighted by Gasteiger charge is 2.09. The zero-order valence-corrected chi connectivity index (χ0v) is 14.6. The van der Waals surface area contributed by atoms with Gasteiger partial charge >= 0.3 is 6.03 Å². The van der Waals surface area contributed by atoms with Crippen LogP contribution in [-0.4, -0.2) is 34.5 Å². The molecule has 23 heavy (non-hydrogen) atoms. The molecule has 0 fully saturated rings. The first-order valence-corrected chi connectivity index (χ1v) is 8.21. The SMILES string of the molecule is CC(C)Cc1nsc(NC(=O)NCc2cc(N(C)C)ccn2)n1. The van der Waals surface area contributed by atoms with E-state index >= 15 is 0 Å². The summed E-state index contributed by atoms with van der Waals surface area (Å²) in [6, 6.07) is 3.54. The fraction of sp³-hybridized carbons (Fsp3) is 0.467. The molecule has 0 spiro atoms. The summed E-state index contributed by atoms with van der Waals surface area (Å²) in [6.45, 7) is 4.57. The minimum atomic E-state index is -0.311. The second-order valence-electron chi connectivity index (χ2n) is 5.82. The quantitative estimate of drug-likeness (QED) is 0.848. The summed E-state index contributed by atoms with van der Waals surface area (Å²) in [5.41, 5.74) is 1.84. The van der Waals surface area contributed by atoms with Crippen molar-refractivity contribution in [3.8, 4) is 0 Å². The van der Waals surface area contributed by atoms with Gasteiger partial charge in [-0.2, -0.15) is 4.37 Å². The summed E-state index contributed by atoms with van der Waals surface area (Å²) in [4.78, 5) is 22.4. The maximum atomic E-state index is 11.9. The van der Waals surface area contributed by atoms with E-state index < -0.39 is 0 Å². The molecule has 0 atom stereocenters. The summed E-state index contributed by atoms with van der Waals surface area (Å²) in [5.74, 6) is 1.25. The summed E-state index contributed by atoms with van der Waals surface area (Å²) in [6.07, 6.45) is 2.54. The molecular weight excluding hydrogens is 312 g/mol. The number of nitrogens with one attached hydrogen (secondary N) is 2. The molecule has 0 unspecified atom stereocenters. The maximum absolute atomic E-state index is 11.9. The second kappa shape index (κ2) is 7.87. The van der Waals surface area contributed by atoms with Crippen molar-refractivity contribution >= 4 is 28.4 Å². The van der Waals surface area contributed by atoms with Gasteiger partial charge in [0.2, 0.25) is 5.13 Å². The monoisotopic (exact) mass is 334 g/mol. The minimum Gasteiger partial charge on any atom is -0.378 e. The zero-order chi connectivity index (χ0) is 16.8. The summed E-state index contributed by atoms with van der Waals surface area (Å²) >= 11 is 1.19. The van der Waals surface area contributed by atoms with Crippen molar-refractivity contribution in [3.63, 3.8) is 0 Å². The van der Waals surface area contributed by atoms with Crippen LogP contribution in [0.2, 0.25) is 0 Å². The number of carbonyl (C=O) groups is 1. The van der Waals surface area contributed by atoms with Gasteiger partial charge < -0.3 is 10.2 Å². The first-order valence-electron chi connectivity index (χ1n) is 7.43. The van der Waals surface area contributed by atoms with Crippen LogP contribution in [0, 0.1) is 5.92 Å². The van der Waals surface area contributed by atoms with Gasteiger partial charge in [0.1, 0.15) is 5.82 Å². The Kier molecular flexibility index (Phi) is 5.86. The molecule has 2 rings (SSSR count). The zero-order valence-electron chi connectivity index (χ0n) is 13.8. The van der Waals surface area contributed by atoms with Gasteiger partial charge in [0.05, 0.1) is 12.2 Å². The van der Waals surface area contributed by atoms with E-state index in [-0.39, 0.29) is 6.03 Å². The average molecular weight is 334 g/mol. The molecule has 2 aromatic heterocycles. The van der Waals surface area contributed by atoms with Crippen molar-refractivity contribution in [1.29, 1.82) is 0 Å². The maximum Gasteiger partial charge on any atom is 0.321 e. The molecule has 0 saturated carbocycles. The third kappa shape index (κ3) is 5.48. The molecule has 2 amide bonds. The minimum absolute atomic E-state index is 0.311. The van der Waals surface area contributed by atoms with Gasteiger partial charge in [-0.15, -0.1) is 0 Å². The Morgan fingerprint density at radius 1 is 1.39 bits per heavy atom. The van der Waals surface area contributed by atoms with E-state index in [1.165, 1.54) is 11.5 Å². The van der Waals surface area contributed by atoms with Gasteiger partial charge in [-0.05, 0) is 18.1 Å². The van der Waals surface area contributed by atoms with E-state index in [9.17, 15) is 4.79 Å². The smallest absolute Gasteiger partial charge is 0.321 e. The normalized spacial score (nSPS) is 10.7. The van der Waals surface area contributed by atoms with Gasteiger partial charge in [-0.25, -0.2) is 9.78 Å². The Balaban J connectivity index is 1.85. The Hall–Kier alpha value is -2.22. The Morgan fingerprint density at radius 2 is 2.17 bits per heavy atom. The average Bonchev–Trinajstić information content (AvgIpc) is 2.91. The molecule has 0 radical (unpaired) electrons. The molecule has 0 aromatic carbocycles. The number of nitrogens with zero attached hydrogens (tertiary/aromatic N) is 4. The van der Waals surface area contributed by atoms with E-state index in [4.69, 9.17) is 0 Å². The number of aromatic nitrogens is 3. The van der Waals surface area contributed by atoms with Gasteiger partial charge in [-0.1, -0.05) is 13.8 Å². The lowest BCUT2D eigenvalue weighted by molar-refractivity contribution is 0.251. The van der Waals surface area contributed by atoms with Crippen molar-refractivity contribution in [2.75, 3.05) is 24.3 Å². The van der Waals surface area contributed by atoms with Crippen molar-refractivity contribution in [1.82, 2.24) is 19.7 Å². The van der Waals surface area contributed by atoms with Crippen LogP contribution in [0.4, 0.5) is 15.6 Å². The summed E-state index contributed by atoms with van der Waals surface area (Å²) in [7, 11) is 3.92. The Labute approximate surface area is 140 Å². The molecule has 7 nitrogen and oxygen atoms in total. The molecule has 2 heterocycles.